The van der Waals surface area contributed by atoms with Crippen LogP contribution >= 0.6 is 21.6 Å². The number of primary amides is 2. The van der Waals surface area contributed by atoms with Gasteiger partial charge in [-0.2, -0.15) is 0 Å². The SMILES string of the molecule is CC[C@H](C)[C@@H]1NC(=O)[C@@H](Cc2ccc(O)cc2)NC(=O)[C@H](N)CSSC[C@@H](C(=O)N(C)CC(=O)N[C@@H](CC(C)C)C(=O)NCC(N)=O)NC(=O)[C@H](CC(N)=O)NC(=O)[C@@H]([C@H](C)O)NC1=O. The number of nitrogens with zero attached hydrogens (tertiary/aromatic N) is 1. The van der Waals surface area contributed by atoms with Crippen LogP contribution in [0, 0.1) is 11.8 Å². The zero-order chi connectivity index (χ0) is 49.1. The maximum absolute atomic E-state index is 14.0. The van der Waals surface area contributed by atoms with E-state index in [2.05, 4.69) is 37.2 Å². The van der Waals surface area contributed by atoms with Gasteiger partial charge in [0.2, 0.25) is 59.1 Å². The first-order valence-electron chi connectivity index (χ1n) is 20.8. The highest BCUT2D eigenvalue weighted by atomic mass is 33.1. The third kappa shape index (κ3) is 19.1. The molecule has 0 aromatic heterocycles. The van der Waals surface area contributed by atoms with Crippen LogP contribution in [0.4, 0.5) is 0 Å². The monoisotopic (exact) mass is 953 g/mol. The molecule has 0 bridgehead atoms. The van der Waals surface area contributed by atoms with Crippen molar-refractivity contribution in [3.8, 4) is 5.75 Å². The van der Waals surface area contributed by atoms with E-state index in [1.165, 1.54) is 38.2 Å². The normalized spacial score (nSPS) is 23.2. The minimum Gasteiger partial charge on any atom is -0.508 e. The Bertz CT molecular complexity index is 1870. The average Bonchev–Trinajstić information content (AvgIpc) is 3.22. The van der Waals surface area contributed by atoms with Crippen molar-refractivity contribution in [2.45, 2.75) is 109 Å². The molecule has 1 heterocycles. The number of hydrogen-bond acceptors (Lipinski definition) is 15. The number of aliphatic hydroxyl groups excluding tert-OH is 1. The fourth-order valence-electron chi connectivity index (χ4n) is 6.19. The number of hydrogen-bond donors (Lipinski definition) is 12. The lowest BCUT2D eigenvalue weighted by atomic mass is 9.96. The number of carbonyl (C=O) groups excluding carboxylic acids is 10. The van der Waals surface area contributed by atoms with Gasteiger partial charge in [0.15, 0.2) is 0 Å². The number of aliphatic hydroxyl groups is 1. The lowest BCUT2D eigenvalue weighted by Crippen LogP contribution is -2.63. The molecule has 0 radical (unpaired) electrons. The van der Waals surface area contributed by atoms with Crippen LogP contribution in [0.3, 0.4) is 0 Å². The van der Waals surface area contributed by atoms with Crippen LogP contribution in [0.15, 0.2) is 24.3 Å². The van der Waals surface area contributed by atoms with Crippen molar-refractivity contribution < 1.29 is 58.2 Å². The van der Waals surface area contributed by atoms with E-state index in [1.807, 2.05) is 0 Å². The molecule has 0 spiro atoms. The molecule has 2 rings (SSSR count). The fraction of sp³-hybridized carbons (Fsp3) is 0.600. The van der Waals surface area contributed by atoms with Gasteiger partial charge in [0, 0.05) is 25.0 Å². The summed E-state index contributed by atoms with van der Waals surface area (Å²) in [5.41, 5.74) is 17.3. The molecule has 15 N–H and O–H groups in total. The minimum atomic E-state index is -1.77. The molecule has 0 aliphatic carbocycles. The number of nitrogens with two attached hydrogens (primary N) is 3. The maximum Gasteiger partial charge on any atom is 0.246 e. The largest absolute Gasteiger partial charge is 0.508 e. The van der Waals surface area contributed by atoms with Gasteiger partial charge in [-0.05, 0) is 42.9 Å². The predicted molar refractivity (Wildman–Crippen MR) is 241 cm³/mol. The summed E-state index contributed by atoms with van der Waals surface area (Å²) in [6.07, 6.45) is -2.00. The van der Waals surface area contributed by atoms with E-state index in [9.17, 15) is 58.2 Å². The van der Waals surface area contributed by atoms with Crippen molar-refractivity contribution in [3.05, 3.63) is 29.8 Å². The number of nitrogens with one attached hydrogen (secondary N) is 7. The van der Waals surface area contributed by atoms with Gasteiger partial charge in [0.05, 0.1) is 31.7 Å². The van der Waals surface area contributed by atoms with Gasteiger partial charge in [-0.15, -0.1) is 0 Å². The summed E-state index contributed by atoms with van der Waals surface area (Å²) in [6.45, 7) is 7.04. The molecule has 1 fully saturated rings. The Labute approximate surface area is 384 Å². The van der Waals surface area contributed by atoms with Gasteiger partial charge in [-0.25, -0.2) is 0 Å². The number of benzene rings is 1. The quantitative estimate of drug-likeness (QED) is 0.0703. The molecule has 25 heteroatoms. The lowest BCUT2D eigenvalue weighted by Gasteiger charge is -2.30. The zero-order valence-corrected chi connectivity index (χ0v) is 38.8. The number of aromatic hydroxyl groups is 1. The molecule has 0 unspecified atom stereocenters. The topological polar surface area (TPSA) is 377 Å². The van der Waals surface area contributed by atoms with E-state index in [0.717, 1.165) is 26.5 Å². The molecule has 9 atom stereocenters. The Kier molecular flexibility index (Phi) is 23.0. The van der Waals surface area contributed by atoms with Crippen LogP contribution in [0.1, 0.15) is 59.4 Å². The summed E-state index contributed by atoms with van der Waals surface area (Å²) in [5.74, 6) is -9.91. The Hall–Kier alpha value is -5.66. The molecule has 1 aromatic carbocycles. The second kappa shape index (κ2) is 27.0. The molecule has 1 aliphatic heterocycles. The Morgan fingerprint density at radius 3 is 1.94 bits per heavy atom. The predicted octanol–water partition coefficient (Wildman–Crippen LogP) is -4.03. The molecule has 1 aliphatic rings. The zero-order valence-electron chi connectivity index (χ0n) is 37.2. The molecular weight excluding hydrogens is 891 g/mol. The summed E-state index contributed by atoms with van der Waals surface area (Å²) in [6, 6.07) is -4.14. The molecule has 1 aromatic rings. The van der Waals surface area contributed by atoms with Crippen LogP contribution < -0.4 is 54.4 Å². The first-order valence-corrected chi connectivity index (χ1v) is 23.3. The highest BCUT2D eigenvalue weighted by Gasteiger charge is 2.37. The smallest absolute Gasteiger partial charge is 0.246 e. The van der Waals surface area contributed by atoms with Crippen molar-refractivity contribution in [1.29, 1.82) is 0 Å². The van der Waals surface area contributed by atoms with Crippen molar-refractivity contribution in [2.75, 3.05) is 31.6 Å². The molecule has 362 valence electrons. The number of carbonyl (C=O) groups is 10. The number of amides is 10. The van der Waals surface area contributed by atoms with Gasteiger partial charge >= 0.3 is 0 Å². The first kappa shape index (κ1) is 55.5. The molecule has 23 nitrogen and oxygen atoms in total. The van der Waals surface area contributed by atoms with Gasteiger partial charge in [0.25, 0.3) is 0 Å². The Balaban J connectivity index is 2.54. The van der Waals surface area contributed by atoms with E-state index >= 15 is 0 Å². The molecular formula is C40H63N11O12S2. The first-order chi connectivity index (χ1) is 30.4. The van der Waals surface area contributed by atoms with Crippen molar-refractivity contribution in [1.82, 2.24) is 42.1 Å². The second-order valence-electron chi connectivity index (χ2n) is 16.1. The van der Waals surface area contributed by atoms with E-state index in [1.54, 1.807) is 27.7 Å². The van der Waals surface area contributed by atoms with Gasteiger partial charge in [0.1, 0.15) is 42.0 Å². The Morgan fingerprint density at radius 1 is 0.800 bits per heavy atom. The lowest BCUT2D eigenvalue weighted by molar-refractivity contribution is -0.140. The van der Waals surface area contributed by atoms with E-state index < -0.39 is 133 Å². The summed E-state index contributed by atoms with van der Waals surface area (Å²) < 4.78 is 0. The highest BCUT2D eigenvalue weighted by Crippen LogP contribution is 2.24. The molecule has 65 heavy (non-hydrogen) atoms. The number of phenolic OH excluding ortho intramolecular Hbond substituents is 1. The van der Waals surface area contributed by atoms with Crippen LogP contribution in [-0.2, 0) is 54.4 Å². The Morgan fingerprint density at radius 2 is 1.37 bits per heavy atom. The number of likely N-dealkylation sites (N-methyl/N-ethyl adjacent to an activating group) is 1. The molecule has 1 saturated heterocycles. The van der Waals surface area contributed by atoms with Crippen molar-refractivity contribution >= 4 is 80.7 Å². The van der Waals surface area contributed by atoms with Gasteiger partial charge in [-0.1, -0.05) is 67.8 Å². The van der Waals surface area contributed by atoms with E-state index in [0.29, 0.717) is 12.0 Å². The van der Waals surface area contributed by atoms with Crippen molar-refractivity contribution in [2.24, 2.45) is 29.0 Å². The minimum absolute atomic E-state index is 0.0438. The molecule has 10 amide bonds. The highest BCUT2D eigenvalue weighted by molar-refractivity contribution is 8.76. The van der Waals surface area contributed by atoms with Crippen LogP contribution in [0.25, 0.3) is 0 Å². The van der Waals surface area contributed by atoms with Crippen LogP contribution in [-0.4, -0.2) is 154 Å². The average molecular weight is 954 g/mol. The third-order valence-electron chi connectivity index (χ3n) is 9.97. The van der Waals surface area contributed by atoms with Crippen LogP contribution in [0.2, 0.25) is 0 Å². The standard InChI is InChI=1S/C40H63N11O12S2/c1-7-20(4)32-38(61)50-33(21(5)52)39(62)47-27(14-29(42)54)36(59)48-28(40(63)51(6)16-31(56)45-25(12-19(2)3)35(58)44-15-30(43)55)18-65-64-17-24(41)34(57)46-26(37(60)49-32)13-22-8-10-23(53)11-9-22/h8-11,19-21,24-28,32-33,52-53H,7,12-18,41H2,1-6H3,(H2,42,54)(H2,43,55)(H,44,58)(H,45,56)(H,46,57)(H,47,62)(H,48,59)(H,49,60)(H,50,61)/t20-,21-,24+,25-,26+,27-,28-,32-,33+/m0/s1. The summed E-state index contributed by atoms with van der Waals surface area (Å²) in [5, 5.41) is 37.8. The van der Waals surface area contributed by atoms with E-state index in [-0.39, 0.29) is 36.0 Å². The van der Waals surface area contributed by atoms with Gasteiger partial charge < -0.3 is 69.5 Å². The summed E-state index contributed by atoms with van der Waals surface area (Å²) in [7, 11) is 3.24. The maximum atomic E-state index is 14.0. The fourth-order valence-corrected chi connectivity index (χ4v) is 8.47. The van der Waals surface area contributed by atoms with Crippen molar-refractivity contribution in [3.63, 3.8) is 0 Å². The number of phenols is 1. The van der Waals surface area contributed by atoms with Crippen LogP contribution in [0.5, 0.6) is 5.75 Å². The molecule has 0 saturated carbocycles. The third-order valence-corrected chi connectivity index (χ3v) is 12.4. The summed E-state index contributed by atoms with van der Waals surface area (Å²) >= 11 is 0. The summed E-state index contributed by atoms with van der Waals surface area (Å²) in [4.78, 5) is 133. The van der Waals surface area contributed by atoms with Gasteiger partial charge in [-0.3, -0.25) is 47.9 Å². The second-order valence-corrected chi connectivity index (χ2v) is 18.7. The van der Waals surface area contributed by atoms with E-state index in [4.69, 9.17) is 17.2 Å². The number of rotatable bonds is 16.